The van der Waals surface area contributed by atoms with Gasteiger partial charge in [-0.05, 0) is 57.4 Å². The molecule has 0 aliphatic carbocycles. The van der Waals surface area contributed by atoms with Crippen LogP contribution in [0.3, 0.4) is 0 Å². The van der Waals surface area contributed by atoms with Crippen LogP contribution in [0.4, 0.5) is 11.6 Å². The Labute approximate surface area is 177 Å². The van der Waals surface area contributed by atoms with Crippen molar-refractivity contribution in [3.8, 4) is 0 Å². The minimum atomic E-state index is -0.452. The third-order valence-corrected chi connectivity index (χ3v) is 3.68. The average molecular weight is 415 g/mol. The molecule has 0 unspecified atom stereocenters. The first-order valence-corrected chi connectivity index (χ1v) is 9.74. The summed E-state index contributed by atoms with van der Waals surface area (Å²) in [6.07, 6.45) is 5.36. The van der Waals surface area contributed by atoms with Gasteiger partial charge in [0.15, 0.2) is 0 Å². The third-order valence-electron chi connectivity index (χ3n) is 3.68. The number of esters is 2. The molecule has 0 spiro atoms. The van der Waals surface area contributed by atoms with Crippen molar-refractivity contribution in [2.45, 2.75) is 40.5 Å². The molecule has 0 radical (unpaired) electrons. The van der Waals surface area contributed by atoms with Crippen LogP contribution in [-0.2, 0) is 19.1 Å². The lowest BCUT2D eigenvalue weighted by Gasteiger charge is -2.08. The number of carbonyl (C=O) groups excluding carboxylic acids is 2. The number of nitrogens with two attached hydrogens (primary N) is 1. The molecule has 8 nitrogen and oxygen atoms in total. The number of hydrogen-bond acceptors (Lipinski definition) is 8. The van der Waals surface area contributed by atoms with E-state index in [2.05, 4.69) is 15.3 Å². The van der Waals surface area contributed by atoms with Gasteiger partial charge in [0.1, 0.15) is 11.6 Å². The van der Waals surface area contributed by atoms with Crippen molar-refractivity contribution < 1.29 is 19.1 Å². The Morgan fingerprint density at radius 2 is 1.60 bits per heavy atom. The van der Waals surface area contributed by atoms with Crippen molar-refractivity contribution in [3.63, 3.8) is 0 Å². The van der Waals surface area contributed by atoms with E-state index in [0.29, 0.717) is 23.8 Å². The molecule has 8 heteroatoms. The van der Waals surface area contributed by atoms with Gasteiger partial charge in [-0.2, -0.15) is 0 Å². The molecule has 0 aromatic carbocycles. The van der Waals surface area contributed by atoms with Crippen LogP contribution >= 0.6 is 0 Å². The van der Waals surface area contributed by atoms with Crippen LogP contribution in [0.2, 0.25) is 0 Å². The van der Waals surface area contributed by atoms with Gasteiger partial charge in [0, 0.05) is 25.0 Å². The van der Waals surface area contributed by atoms with Crippen LogP contribution in [0.5, 0.6) is 0 Å². The van der Waals surface area contributed by atoms with Crippen molar-refractivity contribution >= 4 is 23.6 Å². The zero-order valence-electron chi connectivity index (χ0n) is 18.0. The molecule has 0 saturated carbocycles. The van der Waals surface area contributed by atoms with E-state index in [1.807, 2.05) is 26.0 Å². The smallest absolute Gasteiger partial charge is 0.335 e. The summed E-state index contributed by atoms with van der Waals surface area (Å²) in [6.45, 7) is 7.99. The van der Waals surface area contributed by atoms with Gasteiger partial charge in [0.2, 0.25) is 0 Å². The van der Waals surface area contributed by atoms with Gasteiger partial charge in [-0.25, -0.2) is 14.8 Å². The van der Waals surface area contributed by atoms with Gasteiger partial charge in [0.25, 0.3) is 0 Å². The van der Waals surface area contributed by atoms with E-state index in [1.165, 1.54) is 6.20 Å². The summed E-state index contributed by atoms with van der Waals surface area (Å²) in [4.78, 5) is 31.3. The van der Waals surface area contributed by atoms with Gasteiger partial charge in [0.05, 0.1) is 18.8 Å². The van der Waals surface area contributed by atoms with E-state index >= 15 is 0 Å². The molecule has 0 bridgehead atoms. The van der Waals surface area contributed by atoms with Crippen LogP contribution in [0, 0.1) is 13.8 Å². The van der Waals surface area contributed by atoms with Crippen LogP contribution in [-0.4, -0.2) is 35.1 Å². The number of ether oxygens (including phenoxy) is 2. The average Bonchev–Trinajstić information content (AvgIpc) is 2.72. The van der Waals surface area contributed by atoms with Crippen molar-refractivity contribution in [1.82, 2.24) is 9.97 Å². The van der Waals surface area contributed by atoms with E-state index in [-0.39, 0.29) is 25.4 Å². The Morgan fingerprint density at radius 1 is 0.967 bits per heavy atom. The van der Waals surface area contributed by atoms with Crippen molar-refractivity contribution in [2.75, 3.05) is 24.3 Å². The second kappa shape index (κ2) is 13.7. The monoisotopic (exact) mass is 414 g/mol. The lowest BCUT2D eigenvalue weighted by atomic mass is 10.1. The zero-order chi connectivity index (χ0) is 22.4. The normalized spacial score (nSPS) is 10.5. The molecule has 2 aromatic heterocycles. The van der Waals surface area contributed by atoms with Crippen LogP contribution in [0.25, 0.3) is 0 Å². The molecular formula is C22H30N4O4. The lowest BCUT2D eigenvalue weighted by molar-refractivity contribution is -0.143. The summed E-state index contributed by atoms with van der Waals surface area (Å²) in [5.74, 6) is 0.400. The summed E-state index contributed by atoms with van der Waals surface area (Å²) in [6, 6.07) is 7.43. The fourth-order valence-electron chi connectivity index (χ4n) is 2.12. The quantitative estimate of drug-likeness (QED) is 0.497. The van der Waals surface area contributed by atoms with Crippen molar-refractivity contribution in [2.24, 2.45) is 0 Å². The SMILES string of the molecule is CCOC(=O)CCC(=CNc1ccc(C)cn1)C(=O)OCC.Cc1ccc(N)nc1. The van der Waals surface area contributed by atoms with E-state index in [9.17, 15) is 9.59 Å². The Balaban J connectivity index is 0.000000467. The first-order valence-electron chi connectivity index (χ1n) is 9.74. The maximum atomic E-state index is 11.9. The van der Waals surface area contributed by atoms with E-state index < -0.39 is 5.97 Å². The number of carbonyl (C=O) groups is 2. The van der Waals surface area contributed by atoms with Gasteiger partial charge in [-0.1, -0.05) is 12.1 Å². The number of anilines is 2. The summed E-state index contributed by atoms with van der Waals surface area (Å²) in [7, 11) is 0. The maximum absolute atomic E-state index is 11.9. The predicted molar refractivity (Wildman–Crippen MR) is 117 cm³/mol. The number of pyridine rings is 2. The Morgan fingerprint density at radius 3 is 2.10 bits per heavy atom. The fourth-order valence-corrected chi connectivity index (χ4v) is 2.12. The molecule has 2 heterocycles. The number of aryl methyl sites for hydroxylation is 2. The fraction of sp³-hybridized carbons (Fsp3) is 0.364. The highest BCUT2D eigenvalue weighted by Crippen LogP contribution is 2.11. The molecule has 30 heavy (non-hydrogen) atoms. The van der Waals surface area contributed by atoms with Crippen LogP contribution in [0.15, 0.2) is 48.4 Å². The maximum Gasteiger partial charge on any atom is 0.335 e. The van der Waals surface area contributed by atoms with E-state index in [4.69, 9.17) is 15.2 Å². The Kier molecular flexibility index (Phi) is 11.2. The number of nitrogens with one attached hydrogen (secondary N) is 1. The summed E-state index contributed by atoms with van der Waals surface area (Å²) in [5, 5.41) is 2.94. The minimum Gasteiger partial charge on any atom is -0.466 e. The zero-order valence-corrected chi connectivity index (χ0v) is 18.0. The highest BCUT2D eigenvalue weighted by Gasteiger charge is 2.13. The number of rotatable bonds is 8. The molecule has 0 saturated heterocycles. The van der Waals surface area contributed by atoms with Crippen LogP contribution in [0.1, 0.15) is 37.8 Å². The van der Waals surface area contributed by atoms with Gasteiger partial charge >= 0.3 is 11.9 Å². The molecule has 3 N–H and O–H groups in total. The standard InChI is InChI=1S/C16H22N2O4.C6H8N2/c1-4-21-15(19)9-7-13(16(20)22-5-2)11-18-14-8-6-12(3)10-17-14;1-5-2-3-6(7)8-4-5/h6,8,10-11H,4-5,7,9H2,1-3H3,(H,17,18);2-4H,1H3,(H2,7,8). The largest absolute Gasteiger partial charge is 0.466 e. The Bertz CT molecular complexity index is 797. The Hall–Kier alpha value is -3.42. The summed E-state index contributed by atoms with van der Waals surface area (Å²) >= 11 is 0. The van der Waals surface area contributed by atoms with Gasteiger partial charge < -0.3 is 20.5 Å². The number of nitrogen functional groups attached to an aromatic ring is 1. The van der Waals surface area contributed by atoms with E-state index in [1.54, 1.807) is 38.4 Å². The number of aromatic nitrogens is 2. The lowest BCUT2D eigenvalue weighted by Crippen LogP contribution is -2.12. The highest BCUT2D eigenvalue weighted by molar-refractivity contribution is 5.89. The highest BCUT2D eigenvalue weighted by atomic mass is 16.5. The third kappa shape index (κ3) is 10.2. The molecule has 162 valence electrons. The molecular weight excluding hydrogens is 384 g/mol. The number of hydrogen-bond donors (Lipinski definition) is 2. The first-order chi connectivity index (χ1) is 14.3. The molecule has 0 aliphatic heterocycles. The molecule has 0 amide bonds. The van der Waals surface area contributed by atoms with Gasteiger partial charge in [-0.3, -0.25) is 4.79 Å². The topological polar surface area (TPSA) is 116 Å². The molecule has 0 atom stereocenters. The van der Waals surface area contributed by atoms with Gasteiger partial charge in [-0.15, -0.1) is 0 Å². The second-order valence-corrected chi connectivity index (χ2v) is 6.32. The van der Waals surface area contributed by atoms with Crippen molar-refractivity contribution in [1.29, 1.82) is 0 Å². The first kappa shape index (κ1) is 24.6. The molecule has 0 aliphatic rings. The molecule has 0 fully saturated rings. The molecule has 2 aromatic rings. The van der Waals surface area contributed by atoms with E-state index in [0.717, 1.165) is 11.1 Å². The van der Waals surface area contributed by atoms with Crippen molar-refractivity contribution in [3.05, 3.63) is 59.6 Å². The summed E-state index contributed by atoms with van der Waals surface area (Å²) in [5.41, 5.74) is 7.87. The summed E-state index contributed by atoms with van der Waals surface area (Å²) < 4.78 is 9.84. The second-order valence-electron chi connectivity index (χ2n) is 6.32. The van der Waals surface area contributed by atoms with Crippen LogP contribution < -0.4 is 11.1 Å². The number of nitrogens with zero attached hydrogens (tertiary/aromatic N) is 2. The predicted octanol–water partition coefficient (Wildman–Crippen LogP) is 3.56. The minimum absolute atomic E-state index is 0.126. The molecule has 2 rings (SSSR count).